The van der Waals surface area contributed by atoms with Gasteiger partial charge >= 0.3 is 5.97 Å². The summed E-state index contributed by atoms with van der Waals surface area (Å²) in [6, 6.07) is 7.47. The maximum Gasteiger partial charge on any atom is 0.326 e. The Kier molecular flexibility index (Phi) is 3.41. The fourth-order valence-corrected chi connectivity index (χ4v) is 3.21. The van der Waals surface area contributed by atoms with Crippen molar-refractivity contribution in [1.82, 2.24) is 19.7 Å². The summed E-state index contributed by atoms with van der Waals surface area (Å²) in [4.78, 5) is 22.0. The molecule has 1 unspecified atom stereocenters. The van der Waals surface area contributed by atoms with Crippen molar-refractivity contribution in [3.05, 3.63) is 42.4 Å². The normalized spacial score (nSPS) is 17.5. The average molecular weight is 323 g/mol. The number of hydrogen-bond acceptors (Lipinski definition) is 5. The van der Waals surface area contributed by atoms with Crippen LogP contribution in [0.4, 0.5) is 5.82 Å². The molecule has 2 aromatic heterocycles. The van der Waals surface area contributed by atoms with Crippen LogP contribution in [0.25, 0.3) is 16.7 Å². The van der Waals surface area contributed by atoms with Crippen LogP contribution in [0, 0.1) is 6.92 Å². The van der Waals surface area contributed by atoms with Gasteiger partial charge in [-0.1, -0.05) is 17.7 Å². The molecule has 0 amide bonds. The molecule has 0 bridgehead atoms. The molecule has 0 aliphatic carbocycles. The van der Waals surface area contributed by atoms with Gasteiger partial charge in [0.15, 0.2) is 5.65 Å². The lowest BCUT2D eigenvalue weighted by atomic mass is 10.2. The summed E-state index contributed by atoms with van der Waals surface area (Å²) in [5, 5.41) is 14.6. The third kappa shape index (κ3) is 2.29. The molecule has 4 rings (SSSR count). The molecule has 1 N–H and O–H groups in total. The molecule has 122 valence electrons. The molecule has 1 aromatic carbocycles. The summed E-state index contributed by atoms with van der Waals surface area (Å²) in [7, 11) is 0. The molecule has 1 saturated heterocycles. The maximum atomic E-state index is 11.5. The summed E-state index contributed by atoms with van der Waals surface area (Å²) < 4.78 is 1.76. The predicted octanol–water partition coefficient (Wildman–Crippen LogP) is 2.18. The molecule has 0 radical (unpaired) electrons. The highest BCUT2D eigenvalue weighted by Crippen LogP contribution is 2.30. The molecule has 3 heterocycles. The molecule has 0 saturated carbocycles. The van der Waals surface area contributed by atoms with Crippen molar-refractivity contribution >= 4 is 22.8 Å². The zero-order valence-corrected chi connectivity index (χ0v) is 13.3. The minimum absolute atomic E-state index is 0.536. The van der Waals surface area contributed by atoms with Crippen molar-refractivity contribution in [2.75, 3.05) is 11.4 Å². The second-order valence-electron chi connectivity index (χ2n) is 6.02. The van der Waals surface area contributed by atoms with E-state index in [4.69, 9.17) is 0 Å². The van der Waals surface area contributed by atoms with Crippen LogP contribution in [0.3, 0.4) is 0 Å². The molecule has 1 aliphatic rings. The van der Waals surface area contributed by atoms with E-state index in [0.717, 1.165) is 17.5 Å². The third-order valence-electron chi connectivity index (χ3n) is 4.43. The van der Waals surface area contributed by atoms with Crippen molar-refractivity contribution in [2.45, 2.75) is 25.8 Å². The van der Waals surface area contributed by atoms with Gasteiger partial charge in [-0.3, -0.25) is 0 Å². The second-order valence-corrected chi connectivity index (χ2v) is 6.02. The first-order valence-corrected chi connectivity index (χ1v) is 7.90. The minimum Gasteiger partial charge on any atom is -0.480 e. The van der Waals surface area contributed by atoms with Crippen LogP contribution in [0.2, 0.25) is 0 Å². The van der Waals surface area contributed by atoms with Gasteiger partial charge in [0.2, 0.25) is 0 Å². The van der Waals surface area contributed by atoms with Crippen LogP contribution in [-0.2, 0) is 4.79 Å². The molecule has 1 fully saturated rings. The molecular weight excluding hydrogens is 306 g/mol. The highest BCUT2D eigenvalue weighted by molar-refractivity contribution is 5.90. The number of aliphatic carboxylic acids is 1. The first kappa shape index (κ1) is 14.6. The Labute approximate surface area is 138 Å². The number of nitrogens with zero attached hydrogens (tertiary/aromatic N) is 5. The predicted molar refractivity (Wildman–Crippen MR) is 89.4 cm³/mol. The topological polar surface area (TPSA) is 84.1 Å². The van der Waals surface area contributed by atoms with Crippen molar-refractivity contribution < 1.29 is 9.90 Å². The Morgan fingerprint density at radius 1 is 1.25 bits per heavy atom. The Bertz CT molecular complexity index is 903. The minimum atomic E-state index is -0.815. The summed E-state index contributed by atoms with van der Waals surface area (Å²) >= 11 is 0. The maximum absolute atomic E-state index is 11.5. The zero-order chi connectivity index (χ0) is 16.7. The number of carboxylic acids is 1. The number of benzene rings is 1. The standard InChI is InChI=1S/C17H17N5O2/c1-11-4-6-12(7-5-11)22-16-13(9-20-22)15(18-10-19-16)21-8-2-3-14(21)17(23)24/h4-7,9-10,14H,2-3,8H2,1H3,(H,23,24). The van der Waals surface area contributed by atoms with Crippen LogP contribution in [0.15, 0.2) is 36.8 Å². The highest BCUT2D eigenvalue weighted by Gasteiger charge is 2.32. The number of carboxylic acid groups (broad SMARTS) is 1. The van der Waals surface area contributed by atoms with Crippen LogP contribution in [-0.4, -0.2) is 43.4 Å². The van der Waals surface area contributed by atoms with Crippen LogP contribution >= 0.6 is 0 Å². The van der Waals surface area contributed by atoms with E-state index >= 15 is 0 Å². The molecule has 7 nitrogen and oxygen atoms in total. The van der Waals surface area contributed by atoms with E-state index in [1.807, 2.05) is 36.1 Å². The molecule has 1 aliphatic heterocycles. The lowest BCUT2D eigenvalue weighted by Gasteiger charge is -2.22. The van der Waals surface area contributed by atoms with Crippen molar-refractivity contribution in [1.29, 1.82) is 0 Å². The van der Waals surface area contributed by atoms with E-state index in [0.29, 0.717) is 24.4 Å². The first-order valence-electron chi connectivity index (χ1n) is 7.90. The summed E-state index contributed by atoms with van der Waals surface area (Å²) in [6.07, 6.45) is 4.66. The van der Waals surface area contributed by atoms with Crippen molar-refractivity contribution in [3.63, 3.8) is 0 Å². The first-order chi connectivity index (χ1) is 11.6. The Morgan fingerprint density at radius 3 is 2.79 bits per heavy atom. The fraction of sp³-hybridized carbons (Fsp3) is 0.294. The van der Waals surface area contributed by atoms with Gasteiger partial charge in [0.05, 0.1) is 17.3 Å². The molecular formula is C17H17N5O2. The van der Waals surface area contributed by atoms with E-state index in [-0.39, 0.29) is 0 Å². The second kappa shape index (κ2) is 5.59. The van der Waals surface area contributed by atoms with E-state index in [1.165, 1.54) is 11.9 Å². The van der Waals surface area contributed by atoms with Gasteiger partial charge in [-0.15, -0.1) is 0 Å². The largest absolute Gasteiger partial charge is 0.480 e. The van der Waals surface area contributed by atoms with E-state index in [1.54, 1.807) is 10.9 Å². The van der Waals surface area contributed by atoms with Gasteiger partial charge in [-0.05, 0) is 31.9 Å². The number of hydrogen-bond donors (Lipinski definition) is 1. The summed E-state index contributed by atoms with van der Waals surface area (Å²) in [5.74, 6) is -0.173. The summed E-state index contributed by atoms with van der Waals surface area (Å²) in [6.45, 7) is 2.71. The molecule has 24 heavy (non-hydrogen) atoms. The van der Waals surface area contributed by atoms with Gasteiger partial charge in [0.25, 0.3) is 0 Å². The molecule has 3 aromatic rings. The van der Waals surface area contributed by atoms with Gasteiger partial charge in [-0.25, -0.2) is 19.4 Å². The van der Waals surface area contributed by atoms with Crippen LogP contribution in [0.5, 0.6) is 0 Å². The van der Waals surface area contributed by atoms with Crippen molar-refractivity contribution in [3.8, 4) is 5.69 Å². The van der Waals surface area contributed by atoms with Crippen molar-refractivity contribution in [2.24, 2.45) is 0 Å². The SMILES string of the molecule is Cc1ccc(-n2ncc3c(N4CCCC4C(=O)O)ncnc32)cc1. The lowest BCUT2D eigenvalue weighted by molar-refractivity contribution is -0.138. The average Bonchev–Trinajstić information content (AvgIpc) is 3.22. The monoisotopic (exact) mass is 323 g/mol. The number of aromatic nitrogens is 4. The third-order valence-corrected chi connectivity index (χ3v) is 4.43. The van der Waals surface area contributed by atoms with E-state index < -0.39 is 12.0 Å². The quantitative estimate of drug-likeness (QED) is 0.795. The molecule has 1 atom stereocenters. The number of rotatable bonds is 3. The Balaban J connectivity index is 1.82. The zero-order valence-electron chi connectivity index (χ0n) is 13.3. The number of fused-ring (bicyclic) bond motifs is 1. The fourth-order valence-electron chi connectivity index (χ4n) is 3.21. The van der Waals surface area contributed by atoms with E-state index in [9.17, 15) is 9.90 Å². The lowest BCUT2D eigenvalue weighted by Crippen LogP contribution is -2.36. The molecule has 7 heteroatoms. The van der Waals surface area contributed by atoms with Crippen LogP contribution in [0.1, 0.15) is 18.4 Å². The molecule has 0 spiro atoms. The Hall–Kier alpha value is -2.96. The van der Waals surface area contributed by atoms with Crippen LogP contribution < -0.4 is 4.90 Å². The number of carbonyl (C=O) groups is 1. The van der Waals surface area contributed by atoms with E-state index in [2.05, 4.69) is 15.1 Å². The van der Waals surface area contributed by atoms with Gasteiger partial charge in [0.1, 0.15) is 18.2 Å². The number of aryl methyl sites for hydroxylation is 1. The Morgan fingerprint density at radius 2 is 2.04 bits per heavy atom. The van der Waals surface area contributed by atoms with Gasteiger partial charge in [0, 0.05) is 6.54 Å². The van der Waals surface area contributed by atoms with Gasteiger partial charge < -0.3 is 10.0 Å². The van der Waals surface area contributed by atoms with Gasteiger partial charge in [-0.2, -0.15) is 5.10 Å². The highest BCUT2D eigenvalue weighted by atomic mass is 16.4. The number of anilines is 1. The summed E-state index contributed by atoms with van der Waals surface area (Å²) in [5.41, 5.74) is 2.77. The smallest absolute Gasteiger partial charge is 0.326 e.